The largest absolute Gasteiger partial charge is 0.478 e. The Morgan fingerprint density at radius 3 is 1.00 bits per heavy atom. The zero-order chi connectivity index (χ0) is 23.6. The lowest BCUT2D eigenvalue weighted by Crippen LogP contribution is -2.32. The second-order valence-electron chi connectivity index (χ2n) is 4.29. The van der Waals surface area contributed by atoms with Gasteiger partial charge in [-0.1, -0.05) is 33.2 Å². The highest BCUT2D eigenvalue weighted by Crippen LogP contribution is 2.18. The molecule has 160 valence electrons. The minimum absolute atomic E-state index is 0.156. The van der Waals surface area contributed by atoms with Crippen molar-refractivity contribution in [2.45, 2.75) is 13.3 Å². The average molecular weight is 403 g/mol. The lowest BCUT2D eigenvalue weighted by Gasteiger charge is -2.24. The smallest absolute Gasteiger partial charge is 0.327 e. The van der Waals surface area contributed by atoms with E-state index in [4.69, 9.17) is 35.9 Å². The van der Waals surface area contributed by atoms with Gasteiger partial charge in [0, 0.05) is 29.7 Å². The summed E-state index contributed by atoms with van der Waals surface area (Å²) in [5, 5.41) is 56.3. The van der Waals surface area contributed by atoms with Crippen LogP contribution in [0, 0.1) is 16.7 Å². The highest BCUT2D eigenvalue weighted by atomic mass is 16.4. The van der Waals surface area contributed by atoms with Gasteiger partial charge in [0.2, 0.25) is 0 Å². The van der Waals surface area contributed by atoms with E-state index in [2.05, 4.69) is 26.3 Å². The third kappa shape index (κ3) is 43.4. The quantitative estimate of drug-likeness (QED) is 0.261. The van der Waals surface area contributed by atoms with Crippen LogP contribution < -0.4 is 0 Å². The molecule has 0 atom stereocenters. The van der Waals surface area contributed by atoms with Gasteiger partial charge in [0.25, 0.3) is 0 Å². The summed E-state index contributed by atoms with van der Waals surface area (Å²) in [5.74, 6) is -2.94. The van der Waals surface area contributed by atoms with E-state index in [1.807, 2.05) is 6.92 Å². The first-order valence-corrected chi connectivity index (χ1v) is 7.36. The zero-order valence-corrected chi connectivity index (χ0v) is 15.8. The fourth-order valence-electron chi connectivity index (χ4n) is 0.485. The maximum Gasteiger partial charge on any atom is 0.327 e. The molecule has 0 rings (SSSR count). The topological polar surface area (TPSA) is 196 Å². The molecular formula is C18H29NO9. The van der Waals surface area contributed by atoms with Crippen molar-refractivity contribution in [1.29, 1.82) is 5.26 Å². The van der Waals surface area contributed by atoms with Crippen LogP contribution in [0.3, 0.4) is 0 Å². The standard InChI is InChI=1S/C6H14O3.C3H3N.3C3H4O2/c1-2-6(3-7,4-8)5-9;1-2-3-4;3*1-2-3(4)5/h7-9H,2-5H2,1H3;2H,1H2;3*2H,1H2,(H,4,5). The first-order valence-electron chi connectivity index (χ1n) is 7.36. The van der Waals surface area contributed by atoms with Gasteiger partial charge in [-0.05, 0) is 6.42 Å². The van der Waals surface area contributed by atoms with Crippen molar-refractivity contribution in [2.24, 2.45) is 5.41 Å². The number of rotatable bonds is 7. The molecule has 0 amide bonds. The molecule has 0 unspecified atom stereocenters. The number of hydrogen-bond donors (Lipinski definition) is 6. The number of aliphatic hydroxyl groups is 3. The summed E-state index contributed by atoms with van der Waals surface area (Å²) in [7, 11) is 0. The molecule has 28 heavy (non-hydrogen) atoms. The number of nitrogens with zero attached hydrogens (tertiary/aromatic N) is 1. The van der Waals surface area contributed by atoms with Crippen molar-refractivity contribution in [3.63, 3.8) is 0 Å². The molecule has 0 spiro atoms. The molecule has 10 nitrogen and oxygen atoms in total. The zero-order valence-electron chi connectivity index (χ0n) is 15.8. The van der Waals surface area contributed by atoms with Crippen LogP contribution in [-0.4, -0.2) is 68.4 Å². The molecule has 0 aliphatic carbocycles. The number of carboxylic acids is 3. The normalized spacial score (nSPS) is 7.82. The molecular weight excluding hydrogens is 374 g/mol. The van der Waals surface area contributed by atoms with Crippen molar-refractivity contribution in [3.05, 3.63) is 50.6 Å². The maximum absolute atomic E-state index is 9.25. The van der Waals surface area contributed by atoms with E-state index in [-0.39, 0.29) is 19.8 Å². The van der Waals surface area contributed by atoms with E-state index in [0.717, 1.165) is 18.2 Å². The van der Waals surface area contributed by atoms with Crippen molar-refractivity contribution < 1.29 is 45.0 Å². The van der Waals surface area contributed by atoms with Gasteiger partial charge in [0.05, 0.1) is 25.9 Å². The molecule has 0 aromatic carbocycles. The lowest BCUT2D eigenvalue weighted by atomic mass is 9.88. The predicted octanol–water partition coefficient (Wildman–Crippen LogP) is 0.827. The highest BCUT2D eigenvalue weighted by Gasteiger charge is 2.24. The van der Waals surface area contributed by atoms with Crippen LogP contribution in [0.25, 0.3) is 0 Å². The summed E-state index contributed by atoms with van der Waals surface area (Å²) < 4.78 is 0. The molecule has 0 aromatic rings. The van der Waals surface area contributed by atoms with Crippen LogP contribution >= 0.6 is 0 Å². The van der Waals surface area contributed by atoms with E-state index < -0.39 is 23.3 Å². The van der Waals surface area contributed by atoms with Crippen LogP contribution in [0.5, 0.6) is 0 Å². The number of allylic oxidation sites excluding steroid dienone is 1. The summed E-state index contributed by atoms with van der Waals surface area (Å²) in [5.41, 5.74) is -0.667. The van der Waals surface area contributed by atoms with Gasteiger partial charge in [-0.15, -0.1) is 0 Å². The molecule has 10 heteroatoms. The van der Waals surface area contributed by atoms with Gasteiger partial charge < -0.3 is 30.6 Å². The third-order valence-electron chi connectivity index (χ3n) is 2.37. The van der Waals surface area contributed by atoms with Gasteiger partial charge in [0.1, 0.15) is 0 Å². The number of hydrogen-bond acceptors (Lipinski definition) is 7. The Bertz CT molecular complexity index is 443. The van der Waals surface area contributed by atoms with E-state index in [9.17, 15) is 14.4 Å². The minimum Gasteiger partial charge on any atom is -0.478 e. The molecule has 0 bridgehead atoms. The van der Waals surface area contributed by atoms with Gasteiger partial charge in [-0.3, -0.25) is 0 Å². The van der Waals surface area contributed by atoms with Gasteiger partial charge >= 0.3 is 17.9 Å². The number of carboxylic acid groups (broad SMARTS) is 3. The van der Waals surface area contributed by atoms with Gasteiger partial charge in [-0.2, -0.15) is 5.26 Å². The van der Waals surface area contributed by atoms with E-state index in [0.29, 0.717) is 6.42 Å². The number of aliphatic hydroxyl groups excluding tert-OH is 3. The summed E-state index contributed by atoms with van der Waals surface area (Å²) in [4.78, 5) is 27.8. The molecule has 0 heterocycles. The molecule has 0 radical (unpaired) electrons. The van der Waals surface area contributed by atoms with Crippen LogP contribution in [0.15, 0.2) is 50.6 Å². The Balaban J connectivity index is -0.0000000819. The first kappa shape index (κ1) is 35.8. The Labute approximate surface area is 164 Å². The molecule has 0 fully saturated rings. The monoisotopic (exact) mass is 403 g/mol. The molecule has 6 N–H and O–H groups in total. The van der Waals surface area contributed by atoms with Crippen molar-refractivity contribution in [2.75, 3.05) is 19.8 Å². The van der Waals surface area contributed by atoms with E-state index in [1.165, 1.54) is 6.08 Å². The SMILES string of the molecule is C=CC#N.C=CC(=O)O.C=CC(=O)O.C=CC(=O)O.CCC(CO)(CO)CO. The van der Waals surface area contributed by atoms with Crippen molar-refractivity contribution in [3.8, 4) is 6.07 Å². The Hall–Kier alpha value is -3.26. The third-order valence-corrected chi connectivity index (χ3v) is 2.37. The highest BCUT2D eigenvalue weighted by molar-refractivity contribution is 5.79. The number of carbonyl (C=O) groups is 3. The molecule has 0 saturated heterocycles. The molecule has 0 aromatic heterocycles. The Morgan fingerprint density at radius 1 is 0.821 bits per heavy atom. The van der Waals surface area contributed by atoms with E-state index >= 15 is 0 Å². The summed E-state index contributed by atoms with van der Waals surface area (Å²) in [6, 6.07) is 1.69. The first-order chi connectivity index (χ1) is 13.0. The summed E-state index contributed by atoms with van der Waals surface area (Å²) in [6.07, 6.45) is 4.27. The Morgan fingerprint density at radius 2 is 1.00 bits per heavy atom. The fourth-order valence-corrected chi connectivity index (χ4v) is 0.485. The average Bonchev–Trinajstić information content (AvgIpc) is 2.71. The molecule has 0 saturated carbocycles. The van der Waals surface area contributed by atoms with Crippen LogP contribution in [0.2, 0.25) is 0 Å². The predicted molar refractivity (Wildman–Crippen MR) is 103 cm³/mol. The van der Waals surface area contributed by atoms with Crippen LogP contribution in [0.1, 0.15) is 13.3 Å². The summed E-state index contributed by atoms with van der Waals surface area (Å²) in [6.45, 7) is 13.4. The van der Waals surface area contributed by atoms with Gasteiger partial charge in [0.15, 0.2) is 0 Å². The number of aliphatic carboxylic acids is 3. The number of nitriles is 1. The second-order valence-corrected chi connectivity index (χ2v) is 4.29. The van der Waals surface area contributed by atoms with Crippen molar-refractivity contribution >= 4 is 17.9 Å². The second kappa shape index (κ2) is 28.5. The summed E-state index contributed by atoms with van der Waals surface area (Å²) >= 11 is 0. The van der Waals surface area contributed by atoms with Gasteiger partial charge in [-0.25, -0.2) is 14.4 Å². The van der Waals surface area contributed by atoms with Crippen molar-refractivity contribution in [1.82, 2.24) is 0 Å². The molecule has 0 aliphatic rings. The molecule has 0 aliphatic heterocycles. The van der Waals surface area contributed by atoms with E-state index in [1.54, 1.807) is 6.07 Å². The Kier molecular flexibility index (Phi) is 36.5. The van der Waals surface area contributed by atoms with Crippen LogP contribution in [-0.2, 0) is 14.4 Å². The fraction of sp³-hybridized carbons (Fsp3) is 0.333. The minimum atomic E-state index is -0.981. The lowest BCUT2D eigenvalue weighted by molar-refractivity contribution is -0.132. The maximum atomic E-state index is 9.25. The van der Waals surface area contributed by atoms with Crippen LogP contribution in [0.4, 0.5) is 0 Å².